The molecule has 3 aromatic rings. The molecule has 0 amide bonds. The number of thiophene rings is 1. The zero-order valence-electron chi connectivity index (χ0n) is 9.33. The topological polar surface area (TPSA) is 52.2 Å². The molecule has 90 valence electrons. The van der Waals surface area contributed by atoms with E-state index in [2.05, 4.69) is 0 Å². The summed E-state index contributed by atoms with van der Waals surface area (Å²) in [5, 5.41) is 4.33. The first-order valence-corrected chi connectivity index (χ1v) is 6.34. The highest BCUT2D eigenvalue weighted by Crippen LogP contribution is 2.11. The van der Waals surface area contributed by atoms with E-state index in [-0.39, 0.29) is 0 Å². The number of para-hydroxylation sites is 1. The van der Waals surface area contributed by atoms with Crippen molar-refractivity contribution < 1.29 is 4.42 Å². The Hall–Kier alpha value is -2.14. The van der Waals surface area contributed by atoms with Gasteiger partial charge in [0.1, 0.15) is 0 Å². The van der Waals surface area contributed by atoms with E-state index in [0.717, 1.165) is 5.56 Å². The lowest BCUT2D eigenvalue weighted by atomic mass is 10.2. The third-order valence-corrected chi connectivity index (χ3v) is 3.47. The molecule has 0 saturated carbocycles. The van der Waals surface area contributed by atoms with Crippen LogP contribution in [0.15, 0.2) is 55.1 Å². The molecule has 3 rings (SSSR count). The number of hydrogen-bond donors (Lipinski definition) is 0. The van der Waals surface area contributed by atoms with Gasteiger partial charge >= 0.3 is 11.4 Å². The second kappa shape index (κ2) is 4.27. The molecular weight excluding hydrogens is 250 g/mol. The fourth-order valence-electron chi connectivity index (χ4n) is 1.88. The Morgan fingerprint density at radius 3 is 2.78 bits per heavy atom. The summed E-state index contributed by atoms with van der Waals surface area (Å²) >= 11 is 1.57. The molecule has 0 N–H and O–H groups in total. The molecule has 0 unspecified atom stereocenters. The molecule has 0 aliphatic carbocycles. The van der Waals surface area contributed by atoms with Gasteiger partial charge < -0.3 is 4.42 Å². The van der Waals surface area contributed by atoms with Gasteiger partial charge in [-0.05, 0) is 34.5 Å². The molecule has 0 atom stereocenters. The molecular formula is C13H9NO3S. The molecule has 0 bridgehead atoms. The van der Waals surface area contributed by atoms with E-state index in [1.165, 1.54) is 4.57 Å². The highest BCUT2D eigenvalue weighted by Gasteiger charge is 2.09. The lowest BCUT2D eigenvalue weighted by molar-refractivity contribution is 0.425. The SMILES string of the molecule is O=c1oc(=O)n(Cc2ccsc2)c2ccccc12. The maximum Gasteiger partial charge on any atom is 0.422 e. The van der Waals surface area contributed by atoms with Crippen LogP contribution in [0.25, 0.3) is 10.9 Å². The Kier molecular flexibility index (Phi) is 2.60. The summed E-state index contributed by atoms with van der Waals surface area (Å²) in [6, 6.07) is 8.89. The lowest BCUT2D eigenvalue weighted by Crippen LogP contribution is -2.25. The Morgan fingerprint density at radius 2 is 2.00 bits per heavy atom. The number of aromatic nitrogens is 1. The van der Waals surface area contributed by atoms with Crippen molar-refractivity contribution in [3.8, 4) is 0 Å². The van der Waals surface area contributed by atoms with Crippen molar-refractivity contribution in [2.75, 3.05) is 0 Å². The smallest absolute Gasteiger partial charge is 0.372 e. The van der Waals surface area contributed by atoms with Gasteiger partial charge in [-0.25, -0.2) is 9.59 Å². The maximum absolute atomic E-state index is 11.8. The van der Waals surface area contributed by atoms with Gasteiger partial charge in [-0.2, -0.15) is 11.3 Å². The van der Waals surface area contributed by atoms with Crippen LogP contribution in [0.3, 0.4) is 0 Å². The zero-order valence-corrected chi connectivity index (χ0v) is 10.1. The Bertz CT molecular complexity index is 799. The first-order valence-electron chi connectivity index (χ1n) is 5.39. The van der Waals surface area contributed by atoms with Gasteiger partial charge in [0, 0.05) is 0 Å². The van der Waals surface area contributed by atoms with Gasteiger partial charge in [-0.1, -0.05) is 12.1 Å². The van der Waals surface area contributed by atoms with Crippen molar-refractivity contribution in [3.63, 3.8) is 0 Å². The average Bonchev–Trinajstić information content (AvgIpc) is 2.87. The summed E-state index contributed by atoms with van der Waals surface area (Å²) in [5.74, 6) is -0.620. The van der Waals surface area contributed by atoms with Crippen LogP contribution < -0.4 is 11.4 Å². The van der Waals surface area contributed by atoms with Gasteiger partial charge in [0.2, 0.25) is 0 Å². The fraction of sp³-hybridized carbons (Fsp3) is 0.0769. The highest BCUT2D eigenvalue weighted by molar-refractivity contribution is 7.07. The molecule has 4 nitrogen and oxygen atoms in total. The molecule has 0 fully saturated rings. The van der Waals surface area contributed by atoms with Crippen LogP contribution in [0.2, 0.25) is 0 Å². The van der Waals surface area contributed by atoms with E-state index in [1.807, 2.05) is 16.8 Å². The molecule has 0 aliphatic heterocycles. The van der Waals surface area contributed by atoms with Crippen LogP contribution in [0.4, 0.5) is 0 Å². The average molecular weight is 259 g/mol. The maximum atomic E-state index is 11.8. The summed E-state index contributed by atoms with van der Waals surface area (Å²) in [6.07, 6.45) is 0. The highest BCUT2D eigenvalue weighted by atomic mass is 32.1. The number of nitrogens with zero attached hydrogens (tertiary/aromatic N) is 1. The standard InChI is InChI=1S/C13H9NO3S/c15-12-10-3-1-2-4-11(10)14(13(16)17-12)7-9-5-6-18-8-9/h1-6,8H,7H2. The van der Waals surface area contributed by atoms with Crippen LogP contribution in [0, 0.1) is 0 Å². The van der Waals surface area contributed by atoms with E-state index in [4.69, 9.17) is 4.42 Å². The third kappa shape index (κ3) is 1.78. The number of rotatable bonds is 2. The lowest BCUT2D eigenvalue weighted by Gasteiger charge is -2.06. The van der Waals surface area contributed by atoms with E-state index in [1.54, 1.807) is 35.6 Å². The Morgan fingerprint density at radius 1 is 1.17 bits per heavy atom. The summed E-state index contributed by atoms with van der Waals surface area (Å²) in [5.41, 5.74) is 1.03. The van der Waals surface area contributed by atoms with E-state index < -0.39 is 11.4 Å². The molecule has 5 heteroatoms. The second-order valence-electron chi connectivity index (χ2n) is 3.89. The minimum atomic E-state index is -0.620. The Balaban J connectivity index is 2.28. The van der Waals surface area contributed by atoms with Gasteiger partial charge in [0.25, 0.3) is 0 Å². The van der Waals surface area contributed by atoms with Crippen LogP contribution >= 0.6 is 11.3 Å². The summed E-state index contributed by atoms with van der Waals surface area (Å²) < 4.78 is 6.20. The molecule has 2 heterocycles. The normalized spacial score (nSPS) is 10.9. The summed E-state index contributed by atoms with van der Waals surface area (Å²) in [6.45, 7) is 0.409. The van der Waals surface area contributed by atoms with Crippen molar-refractivity contribution in [1.82, 2.24) is 4.57 Å². The van der Waals surface area contributed by atoms with Crippen molar-refractivity contribution >= 4 is 22.2 Å². The van der Waals surface area contributed by atoms with Crippen molar-refractivity contribution in [2.45, 2.75) is 6.54 Å². The van der Waals surface area contributed by atoms with Gasteiger partial charge in [-0.3, -0.25) is 4.57 Å². The van der Waals surface area contributed by atoms with E-state index in [9.17, 15) is 9.59 Å². The number of benzene rings is 1. The van der Waals surface area contributed by atoms with Crippen molar-refractivity contribution in [2.24, 2.45) is 0 Å². The van der Waals surface area contributed by atoms with E-state index in [0.29, 0.717) is 17.4 Å². The third-order valence-electron chi connectivity index (χ3n) is 2.74. The van der Waals surface area contributed by atoms with Crippen molar-refractivity contribution in [1.29, 1.82) is 0 Å². The molecule has 0 spiro atoms. The second-order valence-corrected chi connectivity index (χ2v) is 4.67. The van der Waals surface area contributed by atoms with Crippen LogP contribution in [-0.4, -0.2) is 4.57 Å². The minimum Gasteiger partial charge on any atom is -0.372 e. The first kappa shape index (κ1) is 11.0. The van der Waals surface area contributed by atoms with Crippen molar-refractivity contribution in [3.05, 3.63) is 67.6 Å². The summed E-state index contributed by atoms with van der Waals surface area (Å²) in [4.78, 5) is 23.4. The largest absolute Gasteiger partial charge is 0.422 e. The molecule has 0 saturated heterocycles. The van der Waals surface area contributed by atoms with Gasteiger partial charge in [-0.15, -0.1) is 0 Å². The molecule has 0 aliphatic rings. The van der Waals surface area contributed by atoms with Crippen LogP contribution in [0.1, 0.15) is 5.56 Å². The first-order chi connectivity index (χ1) is 8.75. The van der Waals surface area contributed by atoms with Crippen LogP contribution in [-0.2, 0) is 6.54 Å². The molecule has 2 aromatic heterocycles. The fourth-order valence-corrected chi connectivity index (χ4v) is 2.54. The van der Waals surface area contributed by atoms with Crippen LogP contribution in [0.5, 0.6) is 0 Å². The van der Waals surface area contributed by atoms with E-state index >= 15 is 0 Å². The van der Waals surface area contributed by atoms with Gasteiger partial charge in [0.15, 0.2) is 0 Å². The minimum absolute atomic E-state index is 0.409. The molecule has 0 radical (unpaired) electrons. The molecule has 18 heavy (non-hydrogen) atoms. The number of fused-ring (bicyclic) bond motifs is 1. The number of hydrogen-bond acceptors (Lipinski definition) is 4. The molecule has 1 aromatic carbocycles. The zero-order chi connectivity index (χ0) is 12.5. The predicted octanol–water partition coefficient (Wildman–Crippen LogP) is 2.06. The summed E-state index contributed by atoms with van der Waals surface area (Å²) in [7, 11) is 0. The monoisotopic (exact) mass is 259 g/mol. The Labute approximate surface area is 106 Å². The van der Waals surface area contributed by atoms with Gasteiger partial charge in [0.05, 0.1) is 17.4 Å². The quantitative estimate of drug-likeness (QED) is 0.708. The predicted molar refractivity (Wildman–Crippen MR) is 70.2 cm³/mol.